The summed E-state index contributed by atoms with van der Waals surface area (Å²) in [6.07, 6.45) is -10.9. The van der Waals surface area contributed by atoms with Gasteiger partial charge in [0.2, 0.25) is 6.29 Å². The molecule has 1 unspecified atom stereocenters. The van der Waals surface area contributed by atoms with E-state index in [4.69, 9.17) is 61.0 Å². The maximum atomic E-state index is 14.3. The fraction of sp³-hybridized carbons (Fsp3) is 0.393. The molecule has 6 aromatic rings. The number of quaternary nitrogens is 1. The van der Waals surface area contributed by atoms with Crippen LogP contribution in [-0.2, 0) is 105 Å². The van der Waals surface area contributed by atoms with Crippen LogP contribution >= 0.6 is 8.17 Å². The maximum Gasteiger partial charge on any atom is 0.571 e. The summed E-state index contributed by atoms with van der Waals surface area (Å²) < 4.78 is 85.9. The van der Waals surface area contributed by atoms with E-state index in [1.165, 1.54) is 6.92 Å². The van der Waals surface area contributed by atoms with E-state index < -0.39 is 90.2 Å². The van der Waals surface area contributed by atoms with Gasteiger partial charge in [0.05, 0.1) is 46.6 Å². The SMILES string of the molecule is CC(=[O+])O[C@@H]1[C@@H](O[C@H]2[C@@H](OCc3ccccc3)[C@@H](CO[P+]([O-])(O[NH3+])OCc3ccccc3)O[C@@H](OCC[Si](C)(C)C)[C@@H]2OCc2ccccc2)O[C@H](COCc2ccccc2)[C@@H](OCc2ccccc2)[C@@H]1OCc1ccccc1. The Morgan fingerprint density at radius 2 is 0.873 bits per heavy atom. The number of hydrogen-bond donors (Lipinski definition) is 1. The molecule has 6 aromatic carbocycles. The van der Waals surface area contributed by atoms with E-state index in [9.17, 15) is 9.69 Å². The lowest BCUT2D eigenvalue weighted by Crippen LogP contribution is -2.67. The second kappa shape index (κ2) is 30.6. The van der Waals surface area contributed by atoms with Crippen molar-refractivity contribution in [3.8, 4) is 0 Å². The minimum Gasteiger partial charge on any atom is -0.601 e. The topological polar surface area (TPSA) is 191 Å². The summed E-state index contributed by atoms with van der Waals surface area (Å²) in [4.78, 5) is 27.8. The summed E-state index contributed by atoms with van der Waals surface area (Å²) in [6.45, 7) is 8.66. The molecule has 2 saturated heterocycles. The summed E-state index contributed by atoms with van der Waals surface area (Å²) in [5, 5.41) is 0. The van der Waals surface area contributed by atoms with Crippen LogP contribution in [0.2, 0.25) is 25.7 Å². The van der Waals surface area contributed by atoms with Gasteiger partial charge >= 0.3 is 14.1 Å². The van der Waals surface area contributed by atoms with Crippen LogP contribution in [0.1, 0.15) is 40.3 Å². The average Bonchev–Trinajstić information content (AvgIpc) is 3.47. The van der Waals surface area contributed by atoms with Crippen molar-refractivity contribution in [2.45, 2.75) is 134 Å². The average molecular weight is 1120 g/mol. The number of ether oxygens (including phenoxy) is 10. The normalized spacial score (nSPS) is 24.1. The van der Waals surface area contributed by atoms with E-state index in [0.29, 0.717) is 6.61 Å². The number of benzene rings is 6. The molecule has 1 radical (unpaired) electrons. The highest BCUT2D eigenvalue weighted by molar-refractivity contribution is 7.53. The molecule has 3 N–H and O–H groups in total. The zero-order chi connectivity index (χ0) is 55.3. The Bertz CT molecular complexity index is 2650. The van der Waals surface area contributed by atoms with Gasteiger partial charge in [-0.15, -0.1) is 0 Å². The van der Waals surface area contributed by atoms with E-state index in [1.807, 2.05) is 182 Å². The molecule has 2 heterocycles. The van der Waals surface area contributed by atoms with Gasteiger partial charge in [-0.05, 0) is 44.0 Å². The molecule has 0 aliphatic carbocycles. The number of carbonyl (C=O) groups is 1. The van der Waals surface area contributed by atoms with Gasteiger partial charge in [0.15, 0.2) is 12.4 Å². The Hall–Kier alpha value is -5.12. The zero-order valence-corrected chi connectivity index (χ0v) is 47.3. The lowest BCUT2D eigenvalue weighted by atomic mass is 9.95. The van der Waals surface area contributed by atoms with Gasteiger partial charge in [-0.2, -0.15) is 14.9 Å². The molecule has 8 rings (SSSR count). The third kappa shape index (κ3) is 19.0. The highest BCUT2D eigenvalue weighted by Gasteiger charge is 2.58. The monoisotopic (exact) mass is 1120 g/mol. The first-order chi connectivity index (χ1) is 38.4. The summed E-state index contributed by atoms with van der Waals surface area (Å²) in [5.74, 6) is 2.86. The van der Waals surface area contributed by atoms with E-state index in [-0.39, 0.29) is 46.2 Å². The molecule has 421 valence electrons. The van der Waals surface area contributed by atoms with Crippen molar-refractivity contribution in [1.29, 1.82) is 0 Å². The molecule has 0 spiro atoms. The lowest BCUT2D eigenvalue weighted by Gasteiger charge is -2.48. The third-order valence-corrected chi connectivity index (χ3v) is 16.2. The quantitative estimate of drug-likeness (QED) is 0.0148. The van der Waals surface area contributed by atoms with Gasteiger partial charge in [-0.3, -0.25) is 0 Å². The number of hydrogen-bond acceptors (Lipinski definition) is 15. The summed E-state index contributed by atoms with van der Waals surface area (Å²) in [7, 11) is -6.02. The van der Waals surface area contributed by atoms with Gasteiger partial charge in [0.25, 0.3) is 6.10 Å². The Morgan fingerprint density at radius 3 is 1.32 bits per heavy atom. The number of rotatable bonds is 30. The number of phosphoric ester groups is 1. The molecular formula is C61H75NO15PSi+2. The smallest absolute Gasteiger partial charge is 0.571 e. The Kier molecular flexibility index (Phi) is 23.3. The van der Waals surface area contributed by atoms with E-state index >= 15 is 0 Å². The highest BCUT2D eigenvalue weighted by atomic mass is 31.2. The minimum atomic E-state index is -4.35. The summed E-state index contributed by atoms with van der Waals surface area (Å²) >= 11 is 0. The van der Waals surface area contributed by atoms with Crippen molar-refractivity contribution in [3.05, 3.63) is 215 Å². The second-order valence-corrected chi connectivity index (χ2v) is 27.9. The Morgan fingerprint density at radius 1 is 0.481 bits per heavy atom. The van der Waals surface area contributed by atoms with Crippen molar-refractivity contribution in [2.24, 2.45) is 0 Å². The third-order valence-electron chi connectivity index (χ3n) is 13.2. The first kappa shape index (κ1) is 60.0. The van der Waals surface area contributed by atoms with Gasteiger partial charge in [-0.25, -0.2) is 0 Å². The predicted molar refractivity (Wildman–Crippen MR) is 296 cm³/mol. The van der Waals surface area contributed by atoms with Crippen LogP contribution in [0, 0.1) is 0 Å². The van der Waals surface area contributed by atoms with Crippen molar-refractivity contribution >= 4 is 22.2 Å². The molecule has 2 aliphatic rings. The van der Waals surface area contributed by atoms with Gasteiger partial charge in [0.1, 0.15) is 49.8 Å². The Labute approximate surface area is 465 Å². The molecule has 2 fully saturated rings. The summed E-state index contributed by atoms with van der Waals surface area (Å²) in [6, 6.07) is 58.6. The first-order valence-electron chi connectivity index (χ1n) is 26.8. The molecule has 2 aliphatic heterocycles. The van der Waals surface area contributed by atoms with E-state index in [2.05, 4.69) is 25.5 Å². The second-order valence-electron chi connectivity index (χ2n) is 20.6. The van der Waals surface area contributed by atoms with Crippen LogP contribution in [0.5, 0.6) is 0 Å². The highest BCUT2D eigenvalue weighted by Crippen LogP contribution is 2.52. The van der Waals surface area contributed by atoms with Crippen LogP contribution < -0.4 is 10.8 Å². The molecule has 0 saturated carbocycles. The van der Waals surface area contributed by atoms with E-state index in [1.54, 1.807) is 0 Å². The maximum absolute atomic E-state index is 14.3. The minimum absolute atomic E-state index is 0.0179. The van der Waals surface area contributed by atoms with Crippen LogP contribution in [-0.4, -0.2) is 95.3 Å². The molecular weight excluding hydrogens is 1050 g/mol. The zero-order valence-electron chi connectivity index (χ0n) is 45.4. The molecule has 0 aromatic heterocycles. The number of carbonyl (C=O) groups excluding carboxylic acids is 1. The first-order valence-corrected chi connectivity index (χ1v) is 31.9. The van der Waals surface area contributed by atoms with Gasteiger partial charge in [0, 0.05) is 19.5 Å². The molecule has 16 nitrogen and oxygen atoms in total. The van der Waals surface area contributed by atoms with Crippen molar-refractivity contribution in [1.82, 2.24) is 0 Å². The van der Waals surface area contributed by atoms with E-state index in [0.717, 1.165) is 39.4 Å². The molecule has 18 heteroatoms. The molecule has 0 bridgehead atoms. The van der Waals surface area contributed by atoms with Gasteiger partial charge in [-0.1, -0.05) is 202 Å². The fourth-order valence-electron chi connectivity index (χ4n) is 9.08. The van der Waals surface area contributed by atoms with Crippen LogP contribution in [0.15, 0.2) is 182 Å². The number of esters is 1. The molecule has 0 amide bonds. The Balaban J connectivity index is 1.21. The van der Waals surface area contributed by atoms with Crippen LogP contribution in [0.3, 0.4) is 0 Å². The molecule has 79 heavy (non-hydrogen) atoms. The molecule has 11 atom stereocenters. The van der Waals surface area contributed by atoms with Crippen molar-refractivity contribution < 1.29 is 76.6 Å². The fourth-order valence-corrected chi connectivity index (χ4v) is 10.7. The standard InChI is InChI=1S/C61H75NO15PSi/c1-45(63)73-59-56(69-40-49-29-17-8-18-30-49)54(67-38-47-25-13-6-14-26-47)52(43-65-37-46-23-11-5-12-24-46)75-61(59)76-57-55(68-39-48-27-15-7-16-28-48)53(44-72-78(64,77-62)71-42-51-33-21-10-22-34-51)74-60(66-35-36-79(2,3)4)58(57)70-41-50-31-19-9-20-32-50/h5-34,52-61H,35-44H2,1-4,62H3/q+2/t52-,53-,54-,55+,56+,57+,58-,59+,60-,61-,78?/m1/s1. The van der Waals surface area contributed by atoms with Crippen LogP contribution in [0.4, 0.5) is 0 Å². The van der Waals surface area contributed by atoms with Gasteiger partial charge < -0.3 is 52.3 Å². The van der Waals surface area contributed by atoms with Crippen molar-refractivity contribution in [3.63, 3.8) is 0 Å². The lowest BCUT2D eigenvalue weighted by molar-refractivity contribution is -0.656. The van der Waals surface area contributed by atoms with Crippen LogP contribution in [0.25, 0.3) is 0 Å². The largest absolute Gasteiger partial charge is 0.601 e. The summed E-state index contributed by atoms with van der Waals surface area (Å²) in [5.41, 5.74) is 5.17. The van der Waals surface area contributed by atoms with Crippen molar-refractivity contribution in [2.75, 3.05) is 19.8 Å². The number of phosphoric acid groups is 1. The predicted octanol–water partition coefficient (Wildman–Crippen LogP) is 9.11.